The molecule has 3 aromatic rings. The number of hydrazine groups is 1. The molecule has 4 N–H and O–H groups in total. The third kappa shape index (κ3) is 3.02. The highest BCUT2D eigenvalue weighted by molar-refractivity contribution is 5.92. The SMILES string of the molecule is CC(=Nc1nc(Nc2ccccc2)nc2ccccc12)NN. The Morgan fingerprint density at radius 3 is 2.50 bits per heavy atom. The molecule has 0 aliphatic heterocycles. The van der Waals surface area contributed by atoms with Crippen molar-refractivity contribution >= 4 is 34.2 Å². The minimum atomic E-state index is 0.494. The molecule has 110 valence electrons. The van der Waals surface area contributed by atoms with Crippen LogP contribution >= 0.6 is 0 Å². The minimum absolute atomic E-state index is 0.494. The second-order valence-electron chi connectivity index (χ2n) is 4.72. The highest BCUT2D eigenvalue weighted by Crippen LogP contribution is 2.25. The smallest absolute Gasteiger partial charge is 0.229 e. The van der Waals surface area contributed by atoms with Crippen molar-refractivity contribution in [3.05, 3.63) is 54.6 Å². The summed E-state index contributed by atoms with van der Waals surface area (Å²) >= 11 is 0. The monoisotopic (exact) mass is 292 g/mol. The van der Waals surface area contributed by atoms with Gasteiger partial charge in [0.15, 0.2) is 5.82 Å². The fourth-order valence-corrected chi connectivity index (χ4v) is 2.04. The van der Waals surface area contributed by atoms with Gasteiger partial charge < -0.3 is 10.7 Å². The number of anilines is 2. The molecule has 3 rings (SSSR count). The molecule has 0 unspecified atom stereocenters. The molecule has 1 aromatic heterocycles. The molecular weight excluding hydrogens is 276 g/mol. The summed E-state index contributed by atoms with van der Waals surface area (Å²) in [4.78, 5) is 13.4. The van der Waals surface area contributed by atoms with Crippen molar-refractivity contribution in [3.8, 4) is 0 Å². The molecule has 0 amide bonds. The number of nitrogens with one attached hydrogen (secondary N) is 2. The van der Waals surface area contributed by atoms with Gasteiger partial charge in [-0.15, -0.1) is 0 Å². The van der Waals surface area contributed by atoms with E-state index in [2.05, 4.69) is 25.7 Å². The van der Waals surface area contributed by atoms with E-state index in [4.69, 9.17) is 5.84 Å². The van der Waals surface area contributed by atoms with Gasteiger partial charge in [0, 0.05) is 11.1 Å². The number of nitrogens with two attached hydrogens (primary N) is 1. The second-order valence-corrected chi connectivity index (χ2v) is 4.72. The average Bonchev–Trinajstić information content (AvgIpc) is 2.55. The molecule has 0 radical (unpaired) electrons. The van der Waals surface area contributed by atoms with Crippen molar-refractivity contribution in [2.24, 2.45) is 10.8 Å². The van der Waals surface area contributed by atoms with Crippen molar-refractivity contribution in [2.75, 3.05) is 5.32 Å². The van der Waals surface area contributed by atoms with Gasteiger partial charge in [0.05, 0.1) is 5.52 Å². The summed E-state index contributed by atoms with van der Waals surface area (Å²) in [6.45, 7) is 1.78. The van der Waals surface area contributed by atoms with Gasteiger partial charge in [-0.25, -0.2) is 15.8 Å². The Morgan fingerprint density at radius 1 is 1.00 bits per heavy atom. The second kappa shape index (κ2) is 6.19. The predicted molar refractivity (Wildman–Crippen MR) is 89.4 cm³/mol. The molecule has 0 saturated heterocycles. The summed E-state index contributed by atoms with van der Waals surface area (Å²) in [7, 11) is 0. The summed E-state index contributed by atoms with van der Waals surface area (Å²) in [6, 6.07) is 17.5. The molecule has 22 heavy (non-hydrogen) atoms. The molecule has 0 atom stereocenters. The van der Waals surface area contributed by atoms with Crippen molar-refractivity contribution in [1.29, 1.82) is 0 Å². The van der Waals surface area contributed by atoms with Crippen LogP contribution in [0, 0.1) is 0 Å². The van der Waals surface area contributed by atoms with Crippen molar-refractivity contribution in [1.82, 2.24) is 15.4 Å². The van der Waals surface area contributed by atoms with Gasteiger partial charge in [0.25, 0.3) is 0 Å². The first-order valence-corrected chi connectivity index (χ1v) is 6.87. The van der Waals surface area contributed by atoms with Crippen LogP contribution in [0.4, 0.5) is 17.5 Å². The quantitative estimate of drug-likeness (QED) is 0.299. The van der Waals surface area contributed by atoms with Crippen LogP contribution in [0.3, 0.4) is 0 Å². The number of amidine groups is 1. The van der Waals surface area contributed by atoms with Crippen molar-refractivity contribution < 1.29 is 0 Å². The number of hydrogen-bond donors (Lipinski definition) is 3. The Kier molecular flexibility index (Phi) is 3.93. The van der Waals surface area contributed by atoms with E-state index in [0.717, 1.165) is 16.6 Å². The fourth-order valence-electron chi connectivity index (χ4n) is 2.04. The van der Waals surface area contributed by atoms with E-state index in [1.165, 1.54) is 0 Å². The number of benzene rings is 2. The maximum Gasteiger partial charge on any atom is 0.229 e. The summed E-state index contributed by atoms with van der Waals surface area (Å²) < 4.78 is 0. The predicted octanol–water partition coefficient (Wildman–Crippen LogP) is 2.89. The van der Waals surface area contributed by atoms with Crippen LogP contribution in [0.25, 0.3) is 10.9 Å². The van der Waals surface area contributed by atoms with Gasteiger partial charge in [-0.05, 0) is 31.2 Å². The number of para-hydroxylation sites is 2. The van der Waals surface area contributed by atoms with Crippen molar-refractivity contribution in [3.63, 3.8) is 0 Å². The average molecular weight is 292 g/mol. The van der Waals surface area contributed by atoms with Gasteiger partial charge in [0.1, 0.15) is 5.84 Å². The van der Waals surface area contributed by atoms with E-state index in [1.807, 2.05) is 54.6 Å². The van der Waals surface area contributed by atoms with Gasteiger partial charge >= 0.3 is 0 Å². The summed E-state index contributed by atoms with van der Waals surface area (Å²) in [5.74, 6) is 7.03. The van der Waals surface area contributed by atoms with Crippen LogP contribution in [0.1, 0.15) is 6.92 Å². The lowest BCUT2D eigenvalue weighted by molar-refractivity contribution is 1.01. The van der Waals surface area contributed by atoms with Crippen LogP contribution in [-0.4, -0.2) is 15.8 Å². The van der Waals surface area contributed by atoms with E-state index >= 15 is 0 Å². The highest BCUT2D eigenvalue weighted by atomic mass is 15.3. The molecular formula is C16H16N6. The lowest BCUT2D eigenvalue weighted by Crippen LogP contribution is -2.27. The van der Waals surface area contributed by atoms with E-state index in [0.29, 0.717) is 17.6 Å². The Hall–Kier alpha value is -2.99. The summed E-state index contributed by atoms with van der Waals surface area (Å²) in [5, 5.41) is 4.06. The van der Waals surface area contributed by atoms with Gasteiger partial charge in [-0.3, -0.25) is 0 Å². The van der Waals surface area contributed by atoms with E-state index in [9.17, 15) is 0 Å². The largest absolute Gasteiger partial charge is 0.324 e. The standard InChI is InChI=1S/C16H16N6/c1-11(22-17)18-15-13-9-5-6-10-14(13)20-16(21-15)19-12-7-3-2-4-8-12/h2-10H,17H2,1H3,(H2,18,19,20,21,22). The first kappa shape index (κ1) is 14.0. The molecule has 0 saturated carbocycles. The summed E-state index contributed by atoms with van der Waals surface area (Å²) in [6.07, 6.45) is 0. The lowest BCUT2D eigenvalue weighted by Gasteiger charge is -2.08. The normalized spacial score (nSPS) is 11.5. The maximum absolute atomic E-state index is 5.39. The zero-order valence-corrected chi connectivity index (χ0v) is 12.1. The fraction of sp³-hybridized carbons (Fsp3) is 0.0625. The van der Waals surface area contributed by atoms with E-state index in [-0.39, 0.29) is 0 Å². The van der Waals surface area contributed by atoms with Crippen molar-refractivity contribution in [2.45, 2.75) is 6.92 Å². The van der Waals surface area contributed by atoms with E-state index in [1.54, 1.807) is 6.92 Å². The van der Waals surface area contributed by atoms with Crippen LogP contribution in [0.15, 0.2) is 59.6 Å². The zero-order chi connectivity index (χ0) is 15.4. The Labute approximate surface area is 128 Å². The number of hydrogen-bond acceptors (Lipinski definition) is 5. The molecule has 0 spiro atoms. The van der Waals surface area contributed by atoms with Gasteiger partial charge in [-0.2, -0.15) is 4.98 Å². The molecule has 6 heteroatoms. The topological polar surface area (TPSA) is 88.2 Å². The molecule has 2 aromatic carbocycles. The molecule has 6 nitrogen and oxygen atoms in total. The molecule has 0 aliphatic carbocycles. The van der Waals surface area contributed by atoms with Gasteiger partial charge in [0.2, 0.25) is 5.95 Å². The third-order valence-electron chi connectivity index (χ3n) is 3.10. The van der Waals surface area contributed by atoms with Crippen LogP contribution in [-0.2, 0) is 0 Å². The number of aromatic nitrogens is 2. The lowest BCUT2D eigenvalue weighted by atomic mass is 10.2. The van der Waals surface area contributed by atoms with Crippen LogP contribution in [0.5, 0.6) is 0 Å². The molecule has 0 bridgehead atoms. The van der Waals surface area contributed by atoms with Crippen LogP contribution < -0.4 is 16.6 Å². The molecule has 0 fully saturated rings. The molecule has 1 heterocycles. The number of aliphatic imine (C=N–C) groups is 1. The first-order chi connectivity index (χ1) is 10.8. The number of fused-ring (bicyclic) bond motifs is 1. The maximum atomic E-state index is 5.39. The zero-order valence-electron chi connectivity index (χ0n) is 12.1. The highest BCUT2D eigenvalue weighted by Gasteiger charge is 2.07. The Bertz CT molecular complexity index is 813. The Morgan fingerprint density at radius 2 is 1.73 bits per heavy atom. The summed E-state index contributed by atoms with van der Waals surface area (Å²) in [5.41, 5.74) is 4.25. The van der Waals surface area contributed by atoms with E-state index < -0.39 is 0 Å². The number of rotatable bonds is 3. The third-order valence-corrected chi connectivity index (χ3v) is 3.10. The van der Waals surface area contributed by atoms with Crippen LogP contribution in [0.2, 0.25) is 0 Å². The Balaban J connectivity index is 2.08. The number of nitrogens with zero attached hydrogens (tertiary/aromatic N) is 3. The molecule has 0 aliphatic rings. The first-order valence-electron chi connectivity index (χ1n) is 6.87. The van der Waals surface area contributed by atoms with Gasteiger partial charge in [-0.1, -0.05) is 30.3 Å². The minimum Gasteiger partial charge on any atom is -0.324 e.